The Kier molecular flexibility index (Phi) is 6.41. The number of benzene rings is 2. The summed E-state index contributed by atoms with van der Waals surface area (Å²) in [6, 6.07) is 13.8. The van der Waals surface area contributed by atoms with Gasteiger partial charge in [0.2, 0.25) is 0 Å². The lowest BCUT2D eigenvalue weighted by Crippen LogP contribution is -2.50. The summed E-state index contributed by atoms with van der Waals surface area (Å²) in [5.74, 6) is 0.0895. The minimum atomic E-state index is -3.86. The number of nitrogens with zero attached hydrogens (tertiary/aromatic N) is 1. The van der Waals surface area contributed by atoms with Crippen molar-refractivity contribution in [2.75, 3.05) is 17.4 Å². The Morgan fingerprint density at radius 1 is 1.17 bits per heavy atom. The maximum atomic E-state index is 13.5. The first kappa shape index (κ1) is 22.2. The molecule has 0 unspecified atom stereocenters. The van der Waals surface area contributed by atoms with Gasteiger partial charge in [-0.1, -0.05) is 58.4 Å². The molecule has 7 heteroatoms. The second-order valence-electron chi connectivity index (χ2n) is 8.53. The standard InChI is InChI=1S/C23H30N2O4S/c1-5-6-14-24-22(26)21-16-25(30(27,28)18-10-8-7-9-11-18)19-15-17(23(2,3)4)12-13-20(19)29-21/h7-13,15,21H,5-6,14,16H2,1-4H3,(H,24,26)/t21-/m1/s1. The van der Waals surface area contributed by atoms with Gasteiger partial charge in [0.15, 0.2) is 6.10 Å². The van der Waals surface area contributed by atoms with Gasteiger partial charge in [-0.15, -0.1) is 0 Å². The number of amides is 1. The molecule has 0 saturated carbocycles. The Bertz CT molecular complexity index is 998. The average Bonchev–Trinajstić information content (AvgIpc) is 2.72. The van der Waals surface area contributed by atoms with E-state index in [2.05, 4.69) is 26.1 Å². The molecule has 1 heterocycles. The van der Waals surface area contributed by atoms with Crippen molar-refractivity contribution in [3.63, 3.8) is 0 Å². The highest BCUT2D eigenvalue weighted by atomic mass is 32.2. The van der Waals surface area contributed by atoms with E-state index in [1.165, 1.54) is 4.31 Å². The number of unbranched alkanes of at least 4 members (excludes halogenated alkanes) is 1. The van der Waals surface area contributed by atoms with Gasteiger partial charge in [-0.25, -0.2) is 8.42 Å². The molecule has 0 aromatic heterocycles. The van der Waals surface area contributed by atoms with Crippen LogP contribution in [0, 0.1) is 0 Å². The molecular formula is C23H30N2O4S. The summed E-state index contributed by atoms with van der Waals surface area (Å²) in [6.07, 6.45) is 0.905. The molecular weight excluding hydrogens is 400 g/mol. The van der Waals surface area contributed by atoms with Crippen LogP contribution >= 0.6 is 0 Å². The fourth-order valence-electron chi connectivity index (χ4n) is 3.30. The number of rotatable bonds is 6. The Balaban J connectivity index is 2.03. The van der Waals surface area contributed by atoms with Crippen molar-refractivity contribution in [2.45, 2.75) is 57.0 Å². The van der Waals surface area contributed by atoms with Crippen LogP contribution in [0.3, 0.4) is 0 Å². The molecule has 0 saturated heterocycles. The van der Waals surface area contributed by atoms with Crippen LogP contribution in [0.2, 0.25) is 0 Å². The maximum Gasteiger partial charge on any atom is 0.264 e. The summed E-state index contributed by atoms with van der Waals surface area (Å²) in [6.45, 7) is 8.71. The Hall–Kier alpha value is -2.54. The molecule has 0 spiro atoms. The van der Waals surface area contributed by atoms with Gasteiger partial charge >= 0.3 is 0 Å². The van der Waals surface area contributed by atoms with E-state index in [-0.39, 0.29) is 22.8 Å². The number of sulfonamides is 1. The normalized spacial score (nSPS) is 16.5. The van der Waals surface area contributed by atoms with Gasteiger partial charge in [0, 0.05) is 6.54 Å². The summed E-state index contributed by atoms with van der Waals surface area (Å²) in [5, 5.41) is 2.85. The lowest BCUT2D eigenvalue weighted by Gasteiger charge is -2.36. The second-order valence-corrected chi connectivity index (χ2v) is 10.4. The Morgan fingerprint density at radius 2 is 1.87 bits per heavy atom. The van der Waals surface area contributed by atoms with Gasteiger partial charge in [-0.2, -0.15) is 0 Å². The van der Waals surface area contributed by atoms with Crippen LogP contribution in [-0.2, 0) is 20.2 Å². The number of hydrogen-bond donors (Lipinski definition) is 1. The zero-order valence-electron chi connectivity index (χ0n) is 18.0. The number of fused-ring (bicyclic) bond motifs is 1. The smallest absolute Gasteiger partial charge is 0.264 e. The highest BCUT2D eigenvalue weighted by molar-refractivity contribution is 7.92. The SMILES string of the molecule is CCCCNC(=O)[C@H]1CN(S(=O)(=O)c2ccccc2)c2cc(C(C)(C)C)ccc2O1. The van der Waals surface area contributed by atoms with Crippen LogP contribution in [-0.4, -0.2) is 33.5 Å². The fourth-order valence-corrected chi connectivity index (χ4v) is 4.79. The van der Waals surface area contributed by atoms with Gasteiger partial charge in [0.1, 0.15) is 5.75 Å². The topological polar surface area (TPSA) is 75.7 Å². The van der Waals surface area contributed by atoms with Crippen LogP contribution in [0.15, 0.2) is 53.4 Å². The van der Waals surface area contributed by atoms with E-state index in [0.717, 1.165) is 18.4 Å². The third-order valence-corrected chi connectivity index (χ3v) is 6.94. The van der Waals surface area contributed by atoms with Crippen molar-refractivity contribution in [1.29, 1.82) is 0 Å². The zero-order valence-corrected chi connectivity index (χ0v) is 18.8. The van der Waals surface area contributed by atoms with Crippen molar-refractivity contribution < 1.29 is 17.9 Å². The van der Waals surface area contributed by atoms with E-state index in [9.17, 15) is 13.2 Å². The monoisotopic (exact) mass is 430 g/mol. The van der Waals surface area contributed by atoms with E-state index < -0.39 is 16.1 Å². The third-order valence-electron chi connectivity index (χ3n) is 5.15. The lowest BCUT2D eigenvalue weighted by atomic mass is 9.86. The molecule has 2 aromatic rings. The molecule has 3 rings (SSSR count). The fraction of sp³-hybridized carbons (Fsp3) is 0.435. The first-order chi connectivity index (χ1) is 14.1. The summed E-state index contributed by atoms with van der Waals surface area (Å²) in [7, 11) is -3.86. The van der Waals surface area contributed by atoms with Crippen molar-refractivity contribution in [3.8, 4) is 5.75 Å². The van der Waals surface area contributed by atoms with Gasteiger partial charge < -0.3 is 10.1 Å². The van der Waals surface area contributed by atoms with E-state index in [1.54, 1.807) is 36.4 Å². The quantitative estimate of drug-likeness (QED) is 0.706. The number of carbonyl (C=O) groups excluding carboxylic acids is 1. The molecule has 162 valence electrons. The van der Waals surface area contributed by atoms with E-state index in [1.807, 2.05) is 19.1 Å². The van der Waals surface area contributed by atoms with E-state index in [0.29, 0.717) is 18.0 Å². The number of carbonyl (C=O) groups is 1. The van der Waals surface area contributed by atoms with Crippen LogP contribution in [0.4, 0.5) is 5.69 Å². The predicted molar refractivity (Wildman–Crippen MR) is 118 cm³/mol. The van der Waals surface area contributed by atoms with Crippen molar-refractivity contribution in [1.82, 2.24) is 5.32 Å². The van der Waals surface area contributed by atoms with E-state index >= 15 is 0 Å². The highest BCUT2D eigenvalue weighted by Gasteiger charge is 2.38. The molecule has 1 aliphatic heterocycles. The minimum absolute atomic E-state index is 0.0736. The number of anilines is 1. The van der Waals surface area contributed by atoms with Gasteiger partial charge in [0.05, 0.1) is 17.1 Å². The molecule has 1 amide bonds. The predicted octanol–water partition coefficient (Wildman–Crippen LogP) is 3.86. The van der Waals surface area contributed by atoms with Crippen LogP contribution in [0.1, 0.15) is 46.1 Å². The summed E-state index contributed by atoms with van der Waals surface area (Å²) in [4.78, 5) is 12.8. The first-order valence-corrected chi connectivity index (χ1v) is 11.8. The van der Waals surface area contributed by atoms with Gasteiger partial charge in [-0.3, -0.25) is 9.10 Å². The summed E-state index contributed by atoms with van der Waals surface area (Å²) >= 11 is 0. The highest BCUT2D eigenvalue weighted by Crippen LogP contribution is 2.40. The molecule has 6 nitrogen and oxygen atoms in total. The maximum absolute atomic E-state index is 13.5. The number of nitrogens with one attached hydrogen (secondary N) is 1. The van der Waals surface area contributed by atoms with Gasteiger partial charge in [0.25, 0.3) is 15.9 Å². The molecule has 2 aromatic carbocycles. The van der Waals surface area contributed by atoms with Crippen LogP contribution in [0.25, 0.3) is 0 Å². The van der Waals surface area contributed by atoms with Crippen LogP contribution < -0.4 is 14.4 Å². The second kappa shape index (κ2) is 8.68. The average molecular weight is 431 g/mol. The van der Waals surface area contributed by atoms with Crippen molar-refractivity contribution in [3.05, 3.63) is 54.1 Å². The molecule has 1 aliphatic rings. The Labute approximate surface area is 179 Å². The molecule has 0 radical (unpaired) electrons. The number of ether oxygens (including phenoxy) is 1. The zero-order chi connectivity index (χ0) is 21.9. The summed E-state index contributed by atoms with van der Waals surface area (Å²) in [5.41, 5.74) is 1.29. The third kappa shape index (κ3) is 4.61. The van der Waals surface area contributed by atoms with E-state index in [4.69, 9.17) is 4.74 Å². The molecule has 30 heavy (non-hydrogen) atoms. The minimum Gasteiger partial charge on any atom is -0.476 e. The summed E-state index contributed by atoms with van der Waals surface area (Å²) < 4.78 is 34.2. The molecule has 1 N–H and O–H groups in total. The van der Waals surface area contributed by atoms with Crippen LogP contribution in [0.5, 0.6) is 5.75 Å². The first-order valence-electron chi connectivity index (χ1n) is 10.3. The molecule has 1 atom stereocenters. The number of hydrogen-bond acceptors (Lipinski definition) is 4. The molecule has 0 fully saturated rings. The van der Waals surface area contributed by atoms with Crippen molar-refractivity contribution in [2.24, 2.45) is 0 Å². The Morgan fingerprint density at radius 3 is 2.50 bits per heavy atom. The lowest BCUT2D eigenvalue weighted by molar-refractivity contribution is -0.127. The molecule has 0 bridgehead atoms. The van der Waals surface area contributed by atoms with Crippen molar-refractivity contribution >= 4 is 21.6 Å². The molecule has 0 aliphatic carbocycles. The van der Waals surface area contributed by atoms with Gasteiger partial charge in [-0.05, 0) is 41.7 Å². The largest absolute Gasteiger partial charge is 0.476 e.